The van der Waals surface area contributed by atoms with E-state index < -0.39 is 0 Å². The monoisotopic (exact) mass is 600 g/mol. The van der Waals surface area contributed by atoms with Gasteiger partial charge in [-0.1, -0.05) is 42.8 Å². The Labute approximate surface area is 266 Å². The quantitative estimate of drug-likeness (QED) is 0.174. The minimum absolute atomic E-state index is 0. The van der Waals surface area contributed by atoms with Crippen molar-refractivity contribution in [2.75, 3.05) is 24.6 Å². The van der Waals surface area contributed by atoms with Crippen LogP contribution < -0.4 is 34.5 Å². The van der Waals surface area contributed by atoms with Gasteiger partial charge in [0, 0.05) is 42.8 Å². The molecule has 0 spiro atoms. The fourth-order valence-electron chi connectivity index (χ4n) is 5.60. The molecule has 1 aromatic carbocycles. The van der Waals surface area contributed by atoms with E-state index in [1.165, 1.54) is 5.56 Å². The number of nitrogens with zero attached hydrogens (tertiary/aromatic N) is 8. The van der Waals surface area contributed by atoms with E-state index in [2.05, 4.69) is 69.9 Å². The van der Waals surface area contributed by atoms with Crippen LogP contribution in [0, 0.1) is 16.0 Å². The number of anilines is 1. The second-order valence-corrected chi connectivity index (χ2v) is 11.5. The van der Waals surface area contributed by atoms with Gasteiger partial charge in [-0.3, -0.25) is 4.90 Å². The number of halogens is 2. The molecule has 2 aliphatic rings. The summed E-state index contributed by atoms with van der Waals surface area (Å²) in [4.78, 5) is 22.1. The topological polar surface area (TPSA) is 125 Å². The number of fused-ring (bicyclic) bond motifs is 1. The minimum Gasteiger partial charge on any atom is -0.444 e. The van der Waals surface area contributed by atoms with Crippen LogP contribution in [0.5, 0.6) is 0 Å². The number of aromatic nitrogens is 5. The largest absolute Gasteiger partial charge is 1.00 e. The molecule has 14 heteroatoms. The third-order valence-corrected chi connectivity index (χ3v) is 7.79. The van der Waals surface area contributed by atoms with Gasteiger partial charge in [0.15, 0.2) is 17.0 Å². The van der Waals surface area contributed by atoms with Gasteiger partial charge in [0.05, 0.1) is 12.6 Å². The number of hydrogen-bond acceptors (Lipinski definition) is 10. The van der Waals surface area contributed by atoms with Gasteiger partial charge in [0.2, 0.25) is 5.28 Å². The summed E-state index contributed by atoms with van der Waals surface area (Å²) in [6.07, 6.45) is 3.32. The molecule has 2 fully saturated rings. The van der Waals surface area contributed by atoms with Crippen molar-refractivity contribution in [3.05, 3.63) is 50.2 Å². The first-order chi connectivity index (χ1) is 18.7. The van der Waals surface area contributed by atoms with E-state index in [-0.39, 0.29) is 47.0 Å². The zero-order valence-corrected chi connectivity index (χ0v) is 27.2. The van der Waals surface area contributed by atoms with E-state index in [9.17, 15) is 0 Å². The average molecular weight is 602 g/mol. The van der Waals surface area contributed by atoms with E-state index in [1.54, 1.807) is 0 Å². The zero-order chi connectivity index (χ0) is 28.1. The second kappa shape index (κ2) is 15.0. The summed E-state index contributed by atoms with van der Waals surface area (Å²) in [7, 11) is 0. The molecule has 212 valence electrons. The molecule has 0 saturated carbocycles. The summed E-state index contributed by atoms with van der Waals surface area (Å²) in [6, 6.07) is 9.15. The van der Waals surface area contributed by atoms with Crippen molar-refractivity contribution in [2.45, 2.75) is 77.7 Å². The molecule has 40 heavy (non-hydrogen) atoms. The smallest absolute Gasteiger partial charge is 0.444 e. The predicted octanol–water partition coefficient (Wildman–Crippen LogP) is 2.65. The minimum atomic E-state index is 0. The van der Waals surface area contributed by atoms with Crippen LogP contribution in [0.4, 0.5) is 5.82 Å². The molecule has 3 aromatic rings. The van der Waals surface area contributed by atoms with Crippen LogP contribution >= 0.6 is 23.2 Å². The molecule has 2 aromatic heterocycles. The van der Waals surface area contributed by atoms with Gasteiger partial charge >= 0.3 is 29.6 Å². The molecule has 0 bridgehead atoms. The third kappa shape index (κ3) is 7.81. The Balaban J connectivity index is 0.00000106. The van der Waals surface area contributed by atoms with Gasteiger partial charge in [-0.25, -0.2) is 4.68 Å². The number of hydrogen-bond donors (Lipinski definition) is 0. The van der Waals surface area contributed by atoms with E-state index >= 15 is 0 Å². The van der Waals surface area contributed by atoms with Crippen molar-refractivity contribution in [3.8, 4) is 0 Å². The van der Waals surface area contributed by atoms with Crippen LogP contribution in [-0.2, 0) is 11.3 Å². The molecular formula is C26H35Cl2N8NaO3. The zero-order valence-electron chi connectivity index (χ0n) is 23.7. The predicted molar refractivity (Wildman–Crippen MR) is 153 cm³/mol. The number of ether oxygens (including phenoxy) is 1. The number of piperazine rings is 1. The summed E-state index contributed by atoms with van der Waals surface area (Å²) < 4.78 is 7.61. The van der Waals surface area contributed by atoms with E-state index in [1.807, 2.05) is 16.8 Å². The molecule has 2 saturated heterocycles. The first-order valence-corrected chi connectivity index (χ1v) is 14.1. The van der Waals surface area contributed by atoms with Crippen LogP contribution in [0.25, 0.3) is 11.2 Å². The SMILES string of the molecule is CC(C)CC(c1ccc(Cl)cc1)N1C[C@H](C)N(c2nc(Cl)nc3c2nnn3C[C@@H]2CCCO2)C[C@H]1C.O=N[O-].[Na+]. The van der Waals surface area contributed by atoms with E-state index in [0.29, 0.717) is 35.7 Å². The van der Waals surface area contributed by atoms with Crippen LogP contribution in [0.3, 0.4) is 0 Å². The number of benzene rings is 1. The molecule has 5 rings (SSSR count). The van der Waals surface area contributed by atoms with Gasteiger partial charge in [-0.15, -0.1) is 10.4 Å². The molecule has 0 amide bonds. The Hall–Kier alpha value is -1.60. The maximum Gasteiger partial charge on any atom is 1.00 e. The molecule has 4 atom stereocenters. The van der Waals surface area contributed by atoms with Crippen LogP contribution in [0.15, 0.2) is 29.6 Å². The van der Waals surface area contributed by atoms with Crippen LogP contribution in [0.2, 0.25) is 10.3 Å². The van der Waals surface area contributed by atoms with Gasteiger partial charge in [0.25, 0.3) is 0 Å². The summed E-state index contributed by atoms with van der Waals surface area (Å²) in [5.41, 5.74) is 2.67. The van der Waals surface area contributed by atoms with Crippen molar-refractivity contribution in [2.24, 2.45) is 11.3 Å². The average Bonchev–Trinajstić information content (AvgIpc) is 3.55. The fraction of sp³-hybridized carbons (Fsp3) is 0.615. The van der Waals surface area contributed by atoms with Crippen LogP contribution in [-0.4, -0.2) is 67.7 Å². The molecule has 1 unspecified atom stereocenters. The molecule has 0 radical (unpaired) electrons. The van der Waals surface area contributed by atoms with Crippen molar-refractivity contribution < 1.29 is 34.3 Å². The maximum absolute atomic E-state index is 8.00. The Kier molecular flexibility index (Phi) is 12.4. The van der Waals surface area contributed by atoms with Crippen LogP contribution in [0.1, 0.15) is 58.6 Å². The molecule has 11 nitrogen and oxygen atoms in total. The van der Waals surface area contributed by atoms with Gasteiger partial charge in [-0.05, 0) is 68.3 Å². The number of rotatable bonds is 7. The van der Waals surface area contributed by atoms with Crippen molar-refractivity contribution in [1.82, 2.24) is 29.9 Å². The molecule has 4 heterocycles. The summed E-state index contributed by atoms with van der Waals surface area (Å²) in [5.74, 6) is 1.33. The van der Waals surface area contributed by atoms with Gasteiger partial charge in [-0.2, -0.15) is 9.97 Å². The normalized spacial score (nSPS) is 22.1. The first kappa shape index (κ1) is 32.9. The Morgan fingerprint density at radius 2 is 1.82 bits per heavy atom. The van der Waals surface area contributed by atoms with E-state index in [4.69, 9.17) is 38.1 Å². The molecule has 0 N–H and O–H groups in total. The van der Waals surface area contributed by atoms with Gasteiger partial charge < -0.3 is 19.8 Å². The molecule has 0 aliphatic carbocycles. The first-order valence-electron chi connectivity index (χ1n) is 13.3. The Morgan fingerprint density at radius 1 is 1.12 bits per heavy atom. The molecule has 2 aliphatic heterocycles. The fourth-order valence-corrected chi connectivity index (χ4v) is 5.88. The summed E-state index contributed by atoms with van der Waals surface area (Å²) in [5, 5.41) is 18.9. The second-order valence-electron chi connectivity index (χ2n) is 10.7. The summed E-state index contributed by atoms with van der Waals surface area (Å²) >= 11 is 12.6. The maximum atomic E-state index is 8.00. The molecular weight excluding hydrogens is 566 g/mol. The summed E-state index contributed by atoms with van der Waals surface area (Å²) in [6.45, 7) is 12.2. The van der Waals surface area contributed by atoms with Crippen molar-refractivity contribution in [3.63, 3.8) is 0 Å². The van der Waals surface area contributed by atoms with Crippen molar-refractivity contribution in [1.29, 1.82) is 0 Å². The Bertz CT molecular complexity index is 1240. The van der Waals surface area contributed by atoms with Crippen molar-refractivity contribution >= 4 is 40.2 Å². The Morgan fingerprint density at radius 3 is 2.45 bits per heavy atom. The standard InChI is InChI=1S/C26H35Cl2N7O.HNO2.Na/c1-16(2)12-22(19-7-9-20(27)10-8-19)33-13-18(4)34(14-17(33)3)24-23-25(30-26(28)29-24)35(32-31-23)15-21-6-5-11-36-21;2-1-3;/h7-10,16-18,21-22H,5-6,11-15H2,1-4H3;(H,2,3);/q;;+1/p-1/t17-,18+,21+,22?;;/m1../s1. The van der Waals surface area contributed by atoms with E-state index in [0.717, 1.165) is 55.1 Å². The van der Waals surface area contributed by atoms with Gasteiger partial charge in [0.1, 0.15) is 0 Å². The third-order valence-electron chi connectivity index (χ3n) is 7.37.